The molecule has 0 aliphatic heterocycles. The molecular formula is C16H17FN2O2S. The van der Waals surface area contributed by atoms with Crippen molar-refractivity contribution < 1.29 is 13.4 Å². The van der Waals surface area contributed by atoms with Crippen LogP contribution in [0.1, 0.15) is 5.56 Å². The molecule has 1 unspecified atom stereocenters. The zero-order valence-corrected chi connectivity index (χ0v) is 13.2. The molecule has 0 radical (unpaired) electrons. The van der Waals surface area contributed by atoms with E-state index < -0.39 is 16.6 Å². The highest BCUT2D eigenvalue weighted by molar-refractivity contribution is 7.84. The van der Waals surface area contributed by atoms with Crippen LogP contribution in [0.5, 0.6) is 0 Å². The Labute approximate surface area is 131 Å². The predicted molar refractivity (Wildman–Crippen MR) is 85.7 cm³/mol. The van der Waals surface area contributed by atoms with Gasteiger partial charge in [-0.3, -0.25) is 4.21 Å². The van der Waals surface area contributed by atoms with Crippen LogP contribution in [0.25, 0.3) is 0 Å². The largest absolute Gasteiger partial charge is 0.323 e. The summed E-state index contributed by atoms with van der Waals surface area (Å²) < 4.78 is 25.0. The van der Waals surface area contributed by atoms with Crippen molar-refractivity contribution in [2.45, 2.75) is 11.4 Å². The summed E-state index contributed by atoms with van der Waals surface area (Å²) >= 11 is 0. The van der Waals surface area contributed by atoms with Crippen LogP contribution < -0.4 is 5.32 Å². The fourth-order valence-corrected chi connectivity index (χ4v) is 2.55. The lowest BCUT2D eigenvalue weighted by Crippen LogP contribution is -2.30. The van der Waals surface area contributed by atoms with Crippen LogP contribution in [0.4, 0.5) is 14.9 Å². The Kier molecular flexibility index (Phi) is 5.27. The van der Waals surface area contributed by atoms with Crippen LogP contribution in [0, 0.1) is 5.82 Å². The summed E-state index contributed by atoms with van der Waals surface area (Å²) in [6, 6.07) is 13.3. The molecule has 0 saturated carbocycles. The van der Waals surface area contributed by atoms with E-state index >= 15 is 0 Å². The van der Waals surface area contributed by atoms with E-state index in [0.29, 0.717) is 12.2 Å². The number of carbonyl (C=O) groups is 1. The van der Waals surface area contributed by atoms with Gasteiger partial charge in [-0.25, -0.2) is 9.18 Å². The minimum atomic E-state index is -1.39. The molecule has 0 fully saturated rings. The van der Waals surface area contributed by atoms with Gasteiger partial charge in [-0.15, -0.1) is 0 Å². The molecule has 2 amide bonds. The van der Waals surface area contributed by atoms with E-state index in [0.717, 1.165) is 5.56 Å². The van der Waals surface area contributed by atoms with Gasteiger partial charge in [-0.05, 0) is 23.8 Å². The summed E-state index contributed by atoms with van der Waals surface area (Å²) in [5.41, 5.74) is 1.33. The minimum Gasteiger partial charge on any atom is -0.323 e. The third-order valence-corrected chi connectivity index (χ3v) is 4.05. The van der Waals surface area contributed by atoms with E-state index in [-0.39, 0.29) is 10.9 Å². The number of hydrogen-bond donors (Lipinski definition) is 1. The van der Waals surface area contributed by atoms with E-state index in [1.54, 1.807) is 7.05 Å². The van der Waals surface area contributed by atoms with Crippen LogP contribution in [-0.2, 0) is 17.3 Å². The number of anilines is 1. The second-order valence-electron chi connectivity index (χ2n) is 4.87. The molecule has 1 atom stereocenters. The van der Waals surface area contributed by atoms with Gasteiger partial charge in [0, 0.05) is 25.5 Å². The maximum Gasteiger partial charge on any atom is 0.321 e. The smallest absolute Gasteiger partial charge is 0.321 e. The number of benzene rings is 2. The Morgan fingerprint density at radius 2 is 1.91 bits per heavy atom. The maximum atomic E-state index is 13.7. The van der Waals surface area contributed by atoms with Gasteiger partial charge in [0.15, 0.2) is 0 Å². The first-order valence-corrected chi connectivity index (χ1v) is 8.22. The van der Waals surface area contributed by atoms with Gasteiger partial charge in [0.1, 0.15) is 5.82 Å². The van der Waals surface area contributed by atoms with Crippen LogP contribution in [0.2, 0.25) is 0 Å². The Balaban J connectivity index is 2.02. The zero-order chi connectivity index (χ0) is 16.1. The van der Waals surface area contributed by atoms with Crippen molar-refractivity contribution >= 4 is 22.5 Å². The topological polar surface area (TPSA) is 49.4 Å². The van der Waals surface area contributed by atoms with E-state index in [2.05, 4.69) is 5.32 Å². The second-order valence-corrected chi connectivity index (χ2v) is 6.22. The molecule has 116 valence electrons. The third kappa shape index (κ3) is 4.14. The quantitative estimate of drug-likeness (QED) is 0.940. The average Bonchev–Trinajstić information content (AvgIpc) is 2.47. The van der Waals surface area contributed by atoms with Crippen molar-refractivity contribution in [3.05, 3.63) is 59.9 Å². The molecule has 2 aromatic carbocycles. The second kappa shape index (κ2) is 7.17. The minimum absolute atomic E-state index is 0.121. The van der Waals surface area contributed by atoms with Gasteiger partial charge in [0.25, 0.3) is 0 Å². The molecule has 2 rings (SSSR count). The van der Waals surface area contributed by atoms with E-state index in [9.17, 15) is 13.4 Å². The monoisotopic (exact) mass is 320 g/mol. The molecule has 1 N–H and O–H groups in total. The molecule has 4 nitrogen and oxygen atoms in total. The molecule has 0 aliphatic carbocycles. The lowest BCUT2D eigenvalue weighted by Gasteiger charge is -2.18. The first kappa shape index (κ1) is 16.2. The van der Waals surface area contributed by atoms with Gasteiger partial charge in [-0.2, -0.15) is 0 Å². The van der Waals surface area contributed by atoms with Crippen LogP contribution in [0.3, 0.4) is 0 Å². The summed E-state index contributed by atoms with van der Waals surface area (Å²) in [5, 5.41) is 2.62. The van der Waals surface area contributed by atoms with Crippen molar-refractivity contribution in [2.75, 3.05) is 18.6 Å². The number of nitrogens with one attached hydrogen (secondary N) is 1. The molecule has 0 saturated heterocycles. The van der Waals surface area contributed by atoms with Gasteiger partial charge in [0.05, 0.1) is 15.7 Å². The highest BCUT2D eigenvalue weighted by Gasteiger charge is 2.12. The van der Waals surface area contributed by atoms with Crippen LogP contribution in [0.15, 0.2) is 53.4 Å². The zero-order valence-electron chi connectivity index (χ0n) is 12.4. The Hall–Kier alpha value is -2.21. The standard InChI is InChI=1S/C16H17FN2O2S/c1-19(11-12-6-4-3-5-7-12)16(20)18-13-8-9-15(22(2)21)14(17)10-13/h3-10H,11H2,1-2H3,(H,18,20). The SMILES string of the molecule is CN(Cc1ccccc1)C(=O)Nc1ccc(S(C)=O)c(F)c1. The molecule has 0 aliphatic rings. The van der Waals surface area contributed by atoms with Crippen molar-refractivity contribution in [1.29, 1.82) is 0 Å². The van der Waals surface area contributed by atoms with Crippen molar-refractivity contribution in [3.8, 4) is 0 Å². The molecule has 0 aromatic heterocycles. The fourth-order valence-electron chi connectivity index (χ4n) is 1.96. The Bertz CT molecular complexity index is 692. The lowest BCUT2D eigenvalue weighted by atomic mass is 10.2. The number of amides is 2. The molecule has 6 heteroatoms. The highest BCUT2D eigenvalue weighted by Crippen LogP contribution is 2.17. The number of nitrogens with zero attached hydrogens (tertiary/aromatic N) is 1. The summed E-state index contributed by atoms with van der Waals surface area (Å²) in [6.07, 6.45) is 1.41. The molecule has 0 bridgehead atoms. The molecular weight excluding hydrogens is 303 g/mol. The molecule has 2 aromatic rings. The Morgan fingerprint density at radius 3 is 2.50 bits per heavy atom. The lowest BCUT2D eigenvalue weighted by molar-refractivity contribution is 0.220. The van der Waals surface area contributed by atoms with Crippen molar-refractivity contribution in [1.82, 2.24) is 4.90 Å². The highest BCUT2D eigenvalue weighted by atomic mass is 32.2. The van der Waals surface area contributed by atoms with Crippen LogP contribution >= 0.6 is 0 Å². The van der Waals surface area contributed by atoms with Crippen molar-refractivity contribution in [3.63, 3.8) is 0 Å². The molecule has 0 spiro atoms. The summed E-state index contributed by atoms with van der Waals surface area (Å²) in [7, 11) is 0.266. The number of carbonyl (C=O) groups excluding carboxylic acids is 1. The van der Waals surface area contributed by atoms with Gasteiger partial charge in [-0.1, -0.05) is 30.3 Å². The number of halogens is 1. The predicted octanol–water partition coefficient (Wildman–Crippen LogP) is 3.23. The normalized spacial score (nSPS) is 11.8. The van der Waals surface area contributed by atoms with Gasteiger partial charge < -0.3 is 10.2 Å². The summed E-state index contributed by atoms with van der Waals surface area (Å²) in [6.45, 7) is 0.451. The van der Waals surface area contributed by atoms with E-state index in [4.69, 9.17) is 0 Å². The number of urea groups is 1. The fraction of sp³-hybridized carbons (Fsp3) is 0.188. The average molecular weight is 320 g/mol. The van der Waals surface area contributed by atoms with E-state index in [1.165, 1.54) is 29.4 Å². The molecule has 0 heterocycles. The first-order chi connectivity index (χ1) is 10.5. The maximum absolute atomic E-state index is 13.7. The summed E-state index contributed by atoms with van der Waals surface area (Å²) in [5.74, 6) is -0.593. The van der Waals surface area contributed by atoms with E-state index in [1.807, 2.05) is 30.3 Å². The summed E-state index contributed by atoms with van der Waals surface area (Å²) in [4.78, 5) is 13.7. The van der Waals surface area contributed by atoms with Gasteiger partial charge >= 0.3 is 6.03 Å². The number of hydrogen-bond acceptors (Lipinski definition) is 2. The third-order valence-electron chi connectivity index (χ3n) is 3.10. The number of rotatable bonds is 4. The molecule has 22 heavy (non-hydrogen) atoms. The Morgan fingerprint density at radius 1 is 1.23 bits per heavy atom. The first-order valence-electron chi connectivity index (χ1n) is 6.66. The van der Waals surface area contributed by atoms with Gasteiger partial charge in [0.2, 0.25) is 0 Å². The van der Waals surface area contributed by atoms with Crippen molar-refractivity contribution in [2.24, 2.45) is 0 Å². The van der Waals surface area contributed by atoms with Crippen LogP contribution in [-0.4, -0.2) is 28.4 Å².